The molecule has 0 saturated heterocycles. The molecule has 2 aromatic rings. The topological polar surface area (TPSA) is 96.0 Å². The molecular formula is C27H38FN3O5S. The Bertz CT molecular complexity index is 1120. The van der Waals surface area contributed by atoms with Crippen LogP contribution in [-0.4, -0.2) is 57.1 Å². The maximum atomic E-state index is 13.4. The first-order valence-corrected chi connectivity index (χ1v) is 14.3. The van der Waals surface area contributed by atoms with Gasteiger partial charge < -0.3 is 15.0 Å². The minimum Gasteiger partial charge on any atom is -0.494 e. The number of rotatable bonds is 14. The van der Waals surface area contributed by atoms with Crippen molar-refractivity contribution < 1.29 is 27.1 Å². The third-order valence-corrected chi connectivity index (χ3v) is 6.90. The van der Waals surface area contributed by atoms with E-state index < -0.39 is 16.1 Å². The molecule has 1 atom stereocenters. The van der Waals surface area contributed by atoms with Gasteiger partial charge in [-0.15, -0.1) is 0 Å². The fourth-order valence-corrected chi connectivity index (χ4v) is 4.67. The SMILES string of the molecule is CCOc1ccc(N(CCCC(=O)N(Cc2ccc(F)cc2)C(C)C(=O)NCC(C)C)S(C)(=O)=O)cc1. The molecule has 0 aliphatic heterocycles. The van der Waals surface area contributed by atoms with Crippen LogP contribution in [0.3, 0.4) is 0 Å². The summed E-state index contributed by atoms with van der Waals surface area (Å²) in [5.41, 5.74) is 1.16. The van der Waals surface area contributed by atoms with E-state index in [9.17, 15) is 22.4 Å². The molecule has 0 fully saturated rings. The first-order valence-electron chi connectivity index (χ1n) is 12.4. The Hall–Kier alpha value is -3.14. The molecule has 2 rings (SSSR count). The zero-order valence-electron chi connectivity index (χ0n) is 22.2. The number of anilines is 1. The van der Waals surface area contributed by atoms with Crippen molar-refractivity contribution in [3.63, 3.8) is 0 Å². The Morgan fingerprint density at radius 3 is 2.19 bits per heavy atom. The summed E-state index contributed by atoms with van der Waals surface area (Å²) < 4.78 is 45.0. The average Bonchev–Trinajstić information content (AvgIpc) is 2.84. The van der Waals surface area contributed by atoms with E-state index in [-0.39, 0.29) is 49.5 Å². The number of halogens is 1. The Balaban J connectivity index is 2.14. The quantitative estimate of drug-likeness (QED) is 0.395. The van der Waals surface area contributed by atoms with Gasteiger partial charge in [-0.05, 0) is 68.1 Å². The lowest BCUT2D eigenvalue weighted by Crippen LogP contribution is -2.48. The molecule has 2 amide bonds. The van der Waals surface area contributed by atoms with Crippen molar-refractivity contribution in [2.24, 2.45) is 5.92 Å². The highest BCUT2D eigenvalue weighted by Gasteiger charge is 2.26. The largest absolute Gasteiger partial charge is 0.494 e. The molecule has 204 valence electrons. The number of hydrogen-bond donors (Lipinski definition) is 1. The molecular weight excluding hydrogens is 497 g/mol. The van der Waals surface area contributed by atoms with Crippen molar-refractivity contribution in [3.05, 3.63) is 59.9 Å². The van der Waals surface area contributed by atoms with Gasteiger partial charge in [0, 0.05) is 26.1 Å². The van der Waals surface area contributed by atoms with Crippen LogP contribution in [0.4, 0.5) is 10.1 Å². The predicted molar refractivity (Wildman–Crippen MR) is 143 cm³/mol. The first-order chi connectivity index (χ1) is 17.4. The monoisotopic (exact) mass is 535 g/mol. The molecule has 0 aliphatic rings. The van der Waals surface area contributed by atoms with Crippen molar-refractivity contribution in [2.75, 3.05) is 30.3 Å². The Morgan fingerprint density at radius 2 is 1.65 bits per heavy atom. The van der Waals surface area contributed by atoms with E-state index in [2.05, 4.69) is 5.32 Å². The number of hydrogen-bond acceptors (Lipinski definition) is 5. The van der Waals surface area contributed by atoms with E-state index in [1.54, 1.807) is 43.3 Å². The summed E-state index contributed by atoms with van der Waals surface area (Å²) >= 11 is 0. The summed E-state index contributed by atoms with van der Waals surface area (Å²) in [6.45, 7) is 8.67. The smallest absolute Gasteiger partial charge is 0.242 e. The predicted octanol–water partition coefficient (Wildman–Crippen LogP) is 3.96. The molecule has 0 bridgehead atoms. The third-order valence-electron chi connectivity index (χ3n) is 5.71. The molecule has 10 heteroatoms. The van der Waals surface area contributed by atoms with E-state index in [0.29, 0.717) is 30.2 Å². The van der Waals surface area contributed by atoms with Crippen LogP contribution in [0.2, 0.25) is 0 Å². The lowest BCUT2D eigenvalue weighted by Gasteiger charge is -2.29. The van der Waals surface area contributed by atoms with Gasteiger partial charge >= 0.3 is 0 Å². The fraction of sp³-hybridized carbons (Fsp3) is 0.481. The fourth-order valence-electron chi connectivity index (χ4n) is 3.70. The molecule has 0 aromatic heterocycles. The Morgan fingerprint density at radius 1 is 1.03 bits per heavy atom. The van der Waals surface area contributed by atoms with Crippen molar-refractivity contribution in [2.45, 2.75) is 53.1 Å². The second-order valence-electron chi connectivity index (χ2n) is 9.33. The highest BCUT2D eigenvalue weighted by Crippen LogP contribution is 2.22. The summed E-state index contributed by atoms with van der Waals surface area (Å²) in [7, 11) is -3.59. The van der Waals surface area contributed by atoms with Gasteiger partial charge in [0.1, 0.15) is 17.6 Å². The molecule has 0 aliphatic carbocycles. The van der Waals surface area contributed by atoms with Gasteiger partial charge in [-0.2, -0.15) is 0 Å². The molecule has 0 spiro atoms. The van der Waals surface area contributed by atoms with E-state index in [1.165, 1.54) is 21.3 Å². The number of nitrogens with zero attached hydrogens (tertiary/aromatic N) is 2. The number of ether oxygens (including phenoxy) is 1. The summed E-state index contributed by atoms with van der Waals surface area (Å²) in [6, 6.07) is 11.7. The van der Waals surface area contributed by atoms with E-state index >= 15 is 0 Å². The second kappa shape index (κ2) is 14.0. The van der Waals surface area contributed by atoms with Crippen LogP contribution >= 0.6 is 0 Å². The minimum atomic E-state index is -3.59. The summed E-state index contributed by atoms with van der Waals surface area (Å²) in [4.78, 5) is 27.5. The van der Waals surface area contributed by atoms with Crippen molar-refractivity contribution in [1.82, 2.24) is 10.2 Å². The highest BCUT2D eigenvalue weighted by atomic mass is 32.2. The zero-order chi connectivity index (χ0) is 27.6. The standard InChI is InChI=1S/C27H38FN3O5S/c1-6-36-25-15-13-24(14-16-25)31(37(5,34)35)17-7-8-26(32)30(19-22-9-11-23(28)12-10-22)21(4)27(33)29-18-20(2)3/h9-16,20-21H,6-8,17-19H2,1-5H3,(H,29,33). The van der Waals surface area contributed by atoms with Crippen LogP contribution < -0.4 is 14.4 Å². The number of carbonyl (C=O) groups excluding carboxylic acids is 2. The van der Waals surface area contributed by atoms with Crippen LogP contribution in [0.1, 0.15) is 46.1 Å². The van der Waals surface area contributed by atoms with Gasteiger partial charge in [-0.25, -0.2) is 12.8 Å². The number of carbonyl (C=O) groups is 2. The maximum Gasteiger partial charge on any atom is 0.242 e. The van der Waals surface area contributed by atoms with Gasteiger partial charge in [0.25, 0.3) is 0 Å². The normalized spacial score (nSPS) is 12.2. The summed E-state index contributed by atoms with van der Waals surface area (Å²) in [5, 5.41) is 2.85. The molecule has 8 nitrogen and oxygen atoms in total. The van der Waals surface area contributed by atoms with Gasteiger partial charge in [0.05, 0.1) is 18.6 Å². The molecule has 2 aromatic carbocycles. The highest BCUT2D eigenvalue weighted by molar-refractivity contribution is 7.92. The summed E-state index contributed by atoms with van der Waals surface area (Å²) in [5.74, 6) is -0.0782. The maximum absolute atomic E-state index is 13.4. The molecule has 1 unspecified atom stereocenters. The average molecular weight is 536 g/mol. The number of benzene rings is 2. The van der Waals surface area contributed by atoms with Crippen molar-refractivity contribution in [1.29, 1.82) is 0 Å². The van der Waals surface area contributed by atoms with E-state index in [1.807, 2.05) is 20.8 Å². The Kier molecular flexibility index (Phi) is 11.4. The minimum absolute atomic E-state index is 0.0338. The van der Waals surface area contributed by atoms with Crippen molar-refractivity contribution >= 4 is 27.5 Å². The number of amides is 2. The van der Waals surface area contributed by atoms with Crippen LogP contribution in [-0.2, 0) is 26.2 Å². The third kappa shape index (κ3) is 9.68. The number of sulfonamides is 1. The summed E-state index contributed by atoms with van der Waals surface area (Å²) in [6.07, 6.45) is 1.40. The van der Waals surface area contributed by atoms with Gasteiger partial charge in [0.15, 0.2) is 0 Å². The van der Waals surface area contributed by atoms with Crippen LogP contribution in [0.5, 0.6) is 5.75 Å². The van der Waals surface area contributed by atoms with Gasteiger partial charge in [0.2, 0.25) is 21.8 Å². The lowest BCUT2D eigenvalue weighted by molar-refractivity contribution is -0.140. The molecule has 0 radical (unpaired) electrons. The second-order valence-corrected chi connectivity index (χ2v) is 11.2. The molecule has 0 saturated carbocycles. The van der Waals surface area contributed by atoms with Crippen LogP contribution in [0, 0.1) is 11.7 Å². The van der Waals surface area contributed by atoms with Crippen LogP contribution in [0.15, 0.2) is 48.5 Å². The molecule has 37 heavy (non-hydrogen) atoms. The molecule has 1 N–H and O–H groups in total. The first kappa shape index (κ1) is 30.1. The lowest BCUT2D eigenvalue weighted by atomic mass is 10.1. The van der Waals surface area contributed by atoms with E-state index in [4.69, 9.17) is 4.74 Å². The van der Waals surface area contributed by atoms with Gasteiger partial charge in [-0.3, -0.25) is 13.9 Å². The Labute approximate surface area is 219 Å². The van der Waals surface area contributed by atoms with E-state index in [0.717, 1.165) is 6.26 Å². The van der Waals surface area contributed by atoms with Crippen LogP contribution in [0.25, 0.3) is 0 Å². The zero-order valence-corrected chi connectivity index (χ0v) is 23.1. The van der Waals surface area contributed by atoms with Crippen molar-refractivity contribution in [3.8, 4) is 5.75 Å². The number of nitrogens with one attached hydrogen (secondary N) is 1. The molecule has 0 heterocycles. The van der Waals surface area contributed by atoms with Gasteiger partial charge in [-0.1, -0.05) is 26.0 Å².